The van der Waals surface area contributed by atoms with Crippen molar-refractivity contribution in [2.75, 3.05) is 11.9 Å². The maximum absolute atomic E-state index is 12.7. The minimum Gasteiger partial charge on any atom is -0.326 e. The maximum Gasteiger partial charge on any atom is 0.227 e. The fraction of sp³-hybridized carbons (Fsp3) is 0.650. The zero-order valence-corrected chi connectivity index (χ0v) is 14.3. The molecule has 0 bridgehead atoms. The SMILES string of the molecule is CCNCc1ccccc1NC(=O)C1CCC2CCCCC2C1. The summed E-state index contributed by atoms with van der Waals surface area (Å²) in [7, 11) is 0. The van der Waals surface area contributed by atoms with Crippen molar-refractivity contribution in [1.29, 1.82) is 0 Å². The first kappa shape index (κ1) is 16.5. The summed E-state index contributed by atoms with van der Waals surface area (Å²) in [4.78, 5) is 12.7. The first-order valence-electron chi connectivity index (χ1n) is 9.37. The van der Waals surface area contributed by atoms with Crippen LogP contribution in [-0.2, 0) is 11.3 Å². The van der Waals surface area contributed by atoms with Crippen molar-refractivity contribution in [3.05, 3.63) is 29.8 Å². The summed E-state index contributed by atoms with van der Waals surface area (Å²) in [6, 6.07) is 8.16. The van der Waals surface area contributed by atoms with E-state index in [2.05, 4.69) is 23.6 Å². The van der Waals surface area contributed by atoms with Crippen molar-refractivity contribution >= 4 is 11.6 Å². The second-order valence-electron chi connectivity index (χ2n) is 7.24. The van der Waals surface area contributed by atoms with Crippen LogP contribution in [0.5, 0.6) is 0 Å². The van der Waals surface area contributed by atoms with Crippen LogP contribution in [0.3, 0.4) is 0 Å². The van der Waals surface area contributed by atoms with Gasteiger partial charge in [0.25, 0.3) is 0 Å². The fourth-order valence-electron chi connectivity index (χ4n) is 4.40. The quantitative estimate of drug-likeness (QED) is 0.849. The summed E-state index contributed by atoms with van der Waals surface area (Å²) in [6.07, 6.45) is 8.92. The Bertz CT molecular complexity index is 528. The van der Waals surface area contributed by atoms with Gasteiger partial charge in [0.15, 0.2) is 0 Å². The summed E-state index contributed by atoms with van der Waals surface area (Å²) >= 11 is 0. The molecule has 0 radical (unpaired) electrons. The highest BCUT2D eigenvalue weighted by Gasteiger charge is 2.35. The summed E-state index contributed by atoms with van der Waals surface area (Å²) < 4.78 is 0. The van der Waals surface area contributed by atoms with E-state index in [-0.39, 0.29) is 11.8 Å². The second-order valence-corrected chi connectivity index (χ2v) is 7.24. The van der Waals surface area contributed by atoms with E-state index in [0.29, 0.717) is 0 Å². The Morgan fingerprint density at radius 2 is 1.87 bits per heavy atom. The molecule has 3 nitrogen and oxygen atoms in total. The molecule has 1 aromatic rings. The largest absolute Gasteiger partial charge is 0.326 e. The number of para-hydroxylation sites is 1. The lowest BCUT2D eigenvalue weighted by molar-refractivity contribution is -0.122. The van der Waals surface area contributed by atoms with Gasteiger partial charge in [-0.2, -0.15) is 0 Å². The number of benzene rings is 1. The molecule has 2 N–H and O–H groups in total. The van der Waals surface area contributed by atoms with E-state index >= 15 is 0 Å². The molecule has 3 rings (SSSR count). The van der Waals surface area contributed by atoms with Crippen LogP contribution in [0.4, 0.5) is 5.69 Å². The number of amides is 1. The normalized spacial score (nSPS) is 27.3. The van der Waals surface area contributed by atoms with E-state index in [1.807, 2.05) is 18.2 Å². The van der Waals surface area contributed by atoms with Gasteiger partial charge in [0.2, 0.25) is 5.91 Å². The number of carbonyl (C=O) groups is 1. The van der Waals surface area contributed by atoms with Crippen LogP contribution in [0.2, 0.25) is 0 Å². The van der Waals surface area contributed by atoms with Crippen molar-refractivity contribution in [2.24, 2.45) is 17.8 Å². The van der Waals surface area contributed by atoms with Gasteiger partial charge in [0.05, 0.1) is 0 Å². The molecule has 1 aromatic carbocycles. The fourth-order valence-corrected chi connectivity index (χ4v) is 4.40. The number of nitrogens with one attached hydrogen (secondary N) is 2. The van der Waals surface area contributed by atoms with E-state index in [4.69, 9.17) is 0 Å². The molecule has 3 unspecified atom stereocenters. The topological polar surface area (TPSA) is 41.1 Å². The van der Waals surface area contributed by atoms with Crippen molar-refractivity contribution in [2.45, 2.75) is 58.4 Å². The van der Waals surface area contributed by atoms with Crippen LogP contribution in [0.1, 0.15) is 57.4 Å². The Morgan fingerprint density at radius 3 is 2.70 bits per heavy atom. The summed E-state index contributed by atoms with van der Waals surface area (Å²) in [5.74, 6) is 2.14. The van der Waals surface area contributed by atoms with Crippen LogP contribution in [0.15, 0.2) is 24.3 Å². The van der Waals surface area contributed by atoms with Gasteiger partial charge in [0.1, 0.15) is 0 Å². The minimum absolute atomic E-state index is 0.210. The molecule has 2 fully saturated rings. The third-order valence-electron chi connectivity index (χ3n) is 5.75. The molecule has 0 spiro atoms. The highest BCUT2D eigenvalue weighted by Crippen LogP contribution is 2.42. The predicted octanol–water partition coefficient (Wildman–Crippen LogP) is 4.34. The zero-order chi connectivity index (χ0) is 16.1. The van der Waals surface area contributed by atoms with Crippen molar-refractivity contribution in [3.8, 4) is 0 Å². The molecule has 2 aliphatic rings. The molecular formula is C20H30N2O. The molecule has 23 heavy (non-hydrogen) atoms. The molecule has 2 saturated carbocycles. The van der Waals surface area contributed by atoms with Crippen LogP contribution in [0, 0.1) is 17.8 Å². The monoisotopic (exact) mass is 314 g/mol. The number of hydrogen-bond donors (Lipinski definition) is 2. The van der Waals surface area contributed by atoms with E-state index in [0.717, 1.165) is 43.5 Å². The van der Waals surface area contributed by atoms with Gasteiger partial charge in [-0.1, -0.05) is 50.8 Å². The average Bonchev–Trinajstić information content (AvgIpc) is 2.60. The van der Waals surface area contributed by atoms with Gasteiger partial charge < -0.3 is 10.6 Å². The molecule has 3 heteroatoms. The molecular weight excluding hydrogens is 284 g/mol. The Labute approximate surface area is 140 Å². The van der Waals surface area contributed by atoms with Gasteiger partial charge in [-0.3, -0.25) is 4.79 Å². The summed E-state index contributed by atoms with van der Waals surface area (Å²) in [6.45, 7) is 3.85. The Kier molecular flexibility index (Phi) is 5.71. The highest BCUT2D eigenvalue weighted by atomic mass is 16.1. The maximum atomic E-state index is 12.7. The standard InChI is InChI=1S/C20H30N2O/c1-2-21-14-18-9-5-6-10-19(18)22-20(23)17-12-11-15-7-3-4-8-16(15)13-17/h5-6,9-10,15-17,21H,2-4,7-8,11-14H2,1H3,(H,22,23). The number of rotatable bonds is 5. The van der Waals surface area contributed by atoms with Gasteiger partial charge in [-0.15, -0.1) is 0 Å². The van der Waals surface area contributed by atoms with E-state index in [1.54, 1.807) is 0 Å². The van der Waals surface area contributed by atoms with E-state index in [1.165, 1.54) is 37.7 Å². The molecule has 1 amide bonds. The lowest BCUT2D eigenvalue weighted by atomic mass is 9.67. The molecule has 2 aliphatic carbocycles. The van der Waals surface area contributed by atoms with Gasteiger partial charge in [-0.25, -0.2) is 0 Å². The highest BCUT2D eigenvalue weighted by molar-refractivity contribution is 5.93. The Morgan fingerprint density at radius 1 is 1.09 bits per heavy atom. The van der Waals surface area contributed by atoms with Crippen LogP contribution in [0.25, 0.3) is 0 Å². The van der Waals surface area contributed by atoms with E-state index in [9.17, 15) is 4.79 Å². The van der Waals surface area contributed by atoms with Gasteiger partial charge >= 0.3 is 0 Å². The Hall–Kier alpha value is -1.35. The molecule has 0 heterocycles. The first-order valence-corrected chi connectivity index (χ1v) is 9.37. The molecule has 3 atom stereocenters. The molecule has 0 aromatic heterocycles. The van der Waals surface area contributed by atoms with Crippen LogP contribution < -0.4 is 10.6 Å². The van der Waals surface area contributed by atoms with Crippen molar-refractivity contribution < 1.29 is 4.79 Å². The predicted molar refractivity (Wildman–Crippen MR) is 95.2 cm³/mol. The van der Waals surface area contributed by atoms with Crippen molar-refractivity contribution in [1.82, 2.24) is 5.32 Å². The first-order chi connectivity index (χ1) is 11.3. The minimum atomic E-state index is 0.210. The van der Waals surface area contributed by atoms with Gasteiger partial charge in [-0.05, 0) is 49.3 Å². The molecule has 0 saturated heterocycles. The van der Waals surface area contributed by atoms with Crippen molar-refractivity contribution in [3.63, 3.8) is 0 Å². The second kappa shape index (κ2) is 7.96. The lowest BCUT2D eigenvalue weighted by Crippen LogP contribution is -2.34. The lowest BCUT2D eigenvalue weighted by Gasteiger charge is -2.38. The summed E-state index contributed by atoms with van der Waals surface area (Å²) in [5, 5.41) is 6.55. The number of anilines is 1. The third kappa shape index (κ3) is 4.14. The van der Waals surface area contributed by atoms with E-state index < -0.39 is 0 Å². The number of hydrogen-bond acceptors (Lipinski definition) is 2. The average molecular weight is 314 g/mol. The number of fused-ring (bicyclic) bond motifs is 1. The molecule has 126 valence electrons. The zero-order valence-electron chi connectivity index (χ0n) is 14.3. The van der Waals surface area contributed by atoms with Crippen LogP contribution in [-0.4, -0.2) is 12.5 Å². The number of carbonyl (C=O) groups excluding carboxylic acids is 1. The van der Waals surface area contributed by atoms with Crippen LogP contribution >= 0.6 is 0 Å². The third-order valence-corrected chi connectivity index (χ3v) is 5.75. The summed E-state index contributed by atoms with van der Waals surface area (Å²) in [5.41, 5.74) is 2.15. The van der Waals surface area contributed by atoms with Gasteiger partial charge in [0, 0.05) is 18.2 Å². The molecule has 0 aliphatic heterocycles. The smallest absolute Gasteiger partial charge is 0.227 e. The Balaban J connectivity index is 1.61.